The zero-order chi connectivity index (χ0) is 32.0. The van der Waals surface area contributed by atoms with Crippen molar-refractivity contribution in [2.24, 2.45) is 0 Å². The first kappa shape index (κ1) is 28.3. The molecule has 8 rings (SSSR count). The Morgan fingerprint density at radius 2 is 0.894 bits per heavy atom. The largest absolute Gasteiger partial charge is 0.208 e. The van der Waals surface area contributed by atoms with Crippen LogP contribution in [0.5, 0.6) is 0 Å². The van der Waals surface area contributed by atoms with Crippen molar-refractivity contribution in [3.63, 3.8) is 0 Å². The number of rotatable bonds is 5. The molecule has 0 N–H and O–H groups in total. The molecule has 0 fully saturated rings. The third-order valence-electron chi connectivity index (χ3n) is 9.19. The van der Waals surface area contributed by atoms with Gasteiger partial charge in [0.15, 0.2) is 17.5 Å². The van der Waals surface area contributed by atoms with Crippen LogP contribution in [0.15, 0.2) is 146 Å². The molecule has 4 heteroatoms. The minimum absolute atomic E-state index is 0.609. The molecule has 1 aliphatic carbocycles. The quantitative estimate of drug-likeness (QED) is 0.197. The van der Waals surface area contributed by atoms with Gasteiger partial charge in [0.2, 0.25) is 0 Å². The standard InChI is InChI=1S/C43H30N4/c1-28-13-18-31(19-14-28)40-45-41(32-20-15-29(2)16-21-32)47-42(46-40)33-22-24-37-36-23-17-30(27-44)25-38(36)43(39(37)26-33,34-9-5-3-6-10-34)35-11-7-4-8-12-35/h3-26H,1-2H3. The van der Waals surface area contributed by atoms with Crippen LogP contribution in [0.25, 0.3) is 45.3 Å². The van der Waals surface area contributed by atoms with Crippen molar-refractivity contribution in [2.75, 3.05) is 0 Å². The molecule has 0 bridgehead atoms. The molecule has 1 aromatic heterocycles. The van der Waals surface area contributed by atoms with Crippen molar-refractivity contribution in [1.29, 1.82) is 5.26 Å². The van der Waals surface area contributed by atoms with Crippen LogP contribution in [0.4, 0.5) is 0 Å². The van der Waals surface area contributed by atoms with Crippen LogP contribution in [0.3, 0.4) is 0 Å². The first-order valence-corrected chi connectivity index (χ1v) is 15.8. The van der Waals surface area contributed by atoms with Crippen LogP contribution in [0.1, 0.15) is 38.9 Å². The predicted molar refractivity (Wildman–Crippen MR) is 188 cm³/mol. The molecule has 0 saturated heterocycles. The fourth-order valence-electron chi connectivity index (χ4n) is 6.87. The predicted octanol–water partition coefficient (Wildman–Crippen LogP) is 9.72. The van der Waals surface area contributed by atoms with Gasteiger partial charge in [-0.3, -0.25) is 0 Å². The maximum Gasteiger partial charge on any atom is 0.164 e. The zero-order valence-corrected chi connectivity index (χ0v) is 26.1. The molecule has 222 valence electrons. The molecule has 0 aliphatic heterocycles. The molecule has 0 amide bonds. The van der Waals surface area contributed by atoms with E-state index >= 15 is 0 Å². The summed E-state index contributed by atoms with van der Waals surface area (Å²) in [5.41, 5.74) is 11.9. The van der Waals surface area contributed by atoms with E-state index in [2.05, 4.69) is 147 Å². The summed E-state index contributed by atoms with van der Waals surface area (Å²) in [5.74, 6) is 1.87. The van der Waals surface area contributed by atoms with E-state index in [1.54, 1.807) is 0 Å². The maximum atomic E-state index is 9.99. The lowest BCUT2D eigenvalue weighted by atomic mass is 9.67. The van der Waals surface area contributed by atoms with E-state index in [0.29, 0.717) is 23.0 Å². The number of fused-ring (bicyclic) bond motifs is 3. The second kappa shape index (κ2) is 11.3. The highest BCUT2D eigenvalue weighted by molar-refractivity contribution is 5.88. The summed E-state index contributed by atoms with van der Waals surface area (Å²) >= 11 is 0. The summed E-state index contributed by atoms with van der Waals surface area (Å²) in [7, 11) is 0. The SMILES string of the molecule is Cc1ccc(-c2nc(-c3ccc(C)cc3)nc(-c3ccc4c(c3)C(c3ccccc3)(c3ccccc3)c3cc(C#N)ccc3-4)n2)cc1. The molecule has 7 aromatic rings. The van der Waals surface area contributed by atoms with Gasteiger partial charge < -0.3 is 0 Å². The van der Waals surface area contributed by atoms with Crippen molar-refractivity contribution in [2.45, 2.75) is 19.3 Å². The summed E-state index contributed by atoms with van der Waals surface area (Å²) in [6, 6.07) is 52.8. The Labute approximate surface area is 274 Å². The number of hydrogen-bond donors (Lipinski definition) is 0. The number of nitrogens with zero attached hydrogens (tertiary/aromatic N) is 4. The van der Waals surface area contributed by atoms with Crippen LogP contribution >= 0.6 is 0 Å². The Balaban J connectivity index is 1.41. The third kappa shape index (κ3) is 4.72. The number of hydrogen-bond acceptors (Lipinski definition) is 4. The lowest BCUT2D eigenvalue weighted by Gasteiger charge is -2.34. The fraction of sp³-hybridized carbons (Fsp3) is 0.0698. The number of benzene rings is 6. The minimum Gasteiger partial charge on any atom is -0.208 e. The van der Waals surface area contributed by atoms with Crippen molar-refractivity contribution in [3.05, 3.63) is 185 Å². The lowest BCUT2D eigenvalue weighted by Crippen LogP contribution is -2.28. The monoisotopic (exact) mass is 602 g/mol. The Bertz CT molecular complexity index is 2200. The van der Waals surface area contributed by atoms with Crippen LogP contribution < -0.4 is 0 Å². The topological polar surface area (TPSA) is 62.5 Å². The first-order chi connectivity index (χ1) is 23.0. The first-order valence-electron chi connectivity index (χ1n) is 15.8. The summed E-state index contributed by atoms with van der Waals surface area (Å²) in [4.78, 5) is 15.1. The number of nitriles is 1. The van der Waals surface area contributed by atoms with E-state index in [9.17, 15) is 5.26 Å². The summed E-state index contributed by atoms with van der Waals surface area (Å²) in [6.45, 7) is 4.16. The Morgan fingerprint density at radius 1 is 0.468 bits per heavy atom. The molecule has 0 radical (unpaired) electrons. The van der Waals surface area contributed by atoms with E-state index in [1.807, 2.05) is 18.2 Å². The highest BCUT2D eigenvalue weighted by Crippen LogP contribution is 2.56. The van der Waals surface area contributed by atoms with Gasteiger partial charge >= 0.3 is 0 Å². The van der Waals surface area contributed by atoms with Crippen LogP contribution in [0.2, 0.25) is 0 Å². The molecule has 1 aliphatic rings. The van der Waals surface area contributed by atoms with Gasteiger partial charge in [0.05, 0.1) is 17.0 Å². The highest BCUT2D eigenvalue weighted by Gasteiger charge is 2.46. The molecule has 1 heterocycles. The van der Waals surface area contributed by atoms with E-state index in [0.717, 1.165) is 50.1 Å². The fourth-order valence-corrected chi connectivity index (χ4v) is 6.87. The van der Waals surface area contributed by atoms with Gasteiger partial charge in [-0.15, -0.1) is 0 Å². The number of aromatic nitrogens is 3. The van der Waals surface area contributed by atoms with Gasteiger partial charge in [0.25, 0.3) is 0 Å². The summed E-state index contributed by atoms with van der Waals surface area (Å²) < 4.78 is 0. The average molecular weight is 603 g/mol. The molecule has 4 nitrogen and oxygen atoms in total. The molecule has 0 spiro atoms. The normalized spacial score (nSPS) is 12.6. The molecular formula is C43H30N4. The van der Waals surface area contributed by atoms with Crippen LogP contribution in [0, 0.1) is 25.2 Å². The second-order valence-electron chi connectivity index (χ2n) is 12.2. The molecule has 47 heavy (non-hydrogen) atoms. The van der Waals surface area contributed by atoms with Crippen molar-refractivity contribution in [1.82, 2.24) is 15.0 Å². The van der Waals surface area contributed by atoms with Gasteiger partial charge in [-0.05, 0) is 65.4 Å². The third-order valence-corrected chi connectivity index (χ3v) is 9.19. The van der Waals surface area contributed by atoms with Crippen LogP contribution in [-0.2, 0) is 5.41 Å². The van der Waals surface area contributed by atoms with E-state index in [4.69, 9.17) is 15.0 Å². The average Bonchev–Trinajstić information content (AvgIpc) is 3.42. The smallest absolute Gasteiger partial charge is 0.164 e. The van der Waals surface area contributed by atoms with Gasteiger partial charge in [-0.1, -0.05) is 139 Å². The lowest BCUT2D eigenvalue weighted by molar-refractivity contribution is 0.768. The molecule has 0 unspecified atom stereocenters. The summed E-state index contributed by atoms with van der Waals surface area (Å²) in [5, 5.41) is 9.99. The molecular weight excluding hydrogens is 573 g/mol. The highest BCUT2D eigenvalue weighted by atomic mass is 15.0. The number of aryl methyl sites for hydroxylation is 2. The Kier molecular flexibility index (Phi) is 6.82. The molecule has 0 atom stereocenters. The Hall–Kier alpha value is -6.18. The molecule has 0 saturated carbocycles. The van der Waals surface area contributed by atoms with Crippen molar-refractivity contribution < 1.29 is 0 Å². The van der Waals surface area contributed by atoms with Crippen molar-refractivity contribution in [3.8, 4) is 51.4 Å². The maximum absolute atomic E-state index is 9.99. The van der Waals surface area contributed by atoms with E-state index in [-0.39, 0.29) is 0 Å². The van der Waals surface area contributed by atoms with Crippen molar-refractivity contribution >= 4 is 0 Å². The van der Waals surface area contributed by atoms with Crippen LogP contribution in [-0.4, -0.2) is 15.0 Å². The second-order valence-corrected chi connectivity index (χ2v) is 12.2. The van der Waals surface area contributed by atoms with Gasteiger partial charge in [0.1, 0.15) is 0 Å². The van der Waals surface area contributed by atoms with Gasteiger partial charge in [-0.2, -0.15) is 5.26 Å². The van der Waals surface area contributed by atoms with Gasteiger partial charge in [0, 0.05) is 16.7 Å². The van der Waals surface area contributed by atoms with E-state index in [1.165, 1.54) is 11.1 Å². The Morgan fingerprint density at radius 3 is 1.38 bits per heavy atom. The van der Waals surface area contributed by atoms with E-state index < -0.39 is 5.41 Å². The minimum atomic E-state index is -0.650. The summed E-state index contributed by atoms with van der Waals surface area (Å²) in [6.07, 6.45) is 0. The zero-order valence-electron chi connectivity index (χ0n) is 26.1. The molecule has 6 aromatic carbocycles. The van der Waals surface area contributed by atoms with Gasteiger partial charge in [-0.25, -0.2) is 15.0 Å².